The maximum absolute atomic E-state index is 13.7. The van der Waals surface area contributed by atoms with Gasteiger partial charge in [-0.1, -0.05) is 122 Å². The lowest BCUT2D eigenvalue weighted by Gasteiger charge is -2.32. The van der Waals surface area contributed by atoms with E-state index in [1.165, 1.54) is 70.4 Å². The molecule has 15 aromatic rings. The number of nitrogens with zero attached hydrogens (tertiary/aromatic N) is 16. The molecule has 4 N–H and O–H groups in total. The lowest BCUT2D eigenvalue weighted by molar-refractivity contribution is 0.325. The number of aromatic nitrogens is 12. The molecule has 4 unspecified atom stereocenters. The molecule has 23 rings (SSSR count). The zero-order chi connectivity index (χ0) is 92.3. The second-order valence-corrected chi connectivity index (χ2v) is 41.2. The van der Waals surface area contributed by atoms with Crippen molar-refractivity contribution in [3.05, 3.63) is 275 Å². The Labute approximate surface area is 786 Å². The van der Waals surface area contributed by atoms with Gasteiger partial charge in [-0.3, -0.25) is 16.8 Å². The van der Waals surface area contributed by atoms with Crippen molar-refractivity contribution in [1.82, 2.24) is 60.2 Å². The standard InChI is InChI=1S/C27H25FN4OS.C26H25FN6O2S.C25H23FN4O2S.C22H25FN6O2S/c28-22-6-3-7-23(17-22)29-26-25-24(12-15-34(25)33)30-27(31-26)32-13-10-19(11-14-32)21-9-8-18-4-1-2-5-20(18)16-21;1-16-5-7-17(8-6-16)24-31-32-25(35-24)18-9-12-33(13-10-18)26-29-21-11-14-36(34)22(21)23(30-26)28-20-4-2-3-19(27)15-20;26-18-5-3-6-19(15-18)27-24-23-20(10-13-33(23)31)28-25(29-24)30-11-8-16(9-12-30)22-14-17-4-1-2-7-21(17)32-22;1-13(2)19-26-21(31-28-19)14-6-9-29(10-7-14)22-25-17-8-11-32(30)18(17)20(27-22)24-16-5-3-4-15(23)12-16/h1-9,16-17,19H,10-15H2,(H,29,30,31);2-8,15,18H,9-14H2,1H3,(H,28,29,30);1-7,14-16H,8-13H2,(H,27,28,29);3-5,12-14H,6-11H2,1-2H3,(H,24,25,27). The monoisotopic (exact) mass is 1890 g/mol. The molecule has 35 heteroatoms. The minimum atomic E-state index is -1.17. The molecule has 4 atom stereocenters. The van der Waals surface area contributed by atoms with Gasteiger partial charge in [0.15, 0.2) is 29.1 Å². The quantitative estimate of drug-likeness (QED) is 0.0580. The maximum atomic E-state index is 13.7. The first-order chi connectivity index (χ1) is 65.8. The van der Waals surface area contributed by atoms with Crippen LogP contribution in [0.25, 0.3) is 33.2 Å². The average molecular weight is 1900 g/mol. The van der Waals surface area contributed by atoms with Crippen molar-refractivity contribution in [1.29, 1.82) is 0 Å². The first-order valence-corrected chi connectivity index (χ1v) is 51.0. The van der Waals surface area contributed by atoms with E-state index >= 15 is 0 Å². The summed E-state index contributed by atoms with van der Waals surface area (Å²) >= 11 is 0. The van der Waals surface area contributed by atoms with Crippen molar-refractivity contribution in [3.63, 3.8) is 0 Å². The molecule has 8 aliphatic heterocycles. The summed E-state index contributed by atoms with van der Waals surface area (Å²) in [4.78, 5) is 53.7. The summed E-state index contributed by atoms with van der Waals surface area (Å²) in [6.45, 7) is 12.4. The zero-order valence-electron chi connectivity index (χ0n) is 74.5. The molecule has 4 saturated heterocycles. The topological polar surface area (TPSA) is 323 Å². The molecule has 0 bridgehead atoms. The molecule has 0 spiro atoms. The van der Waals surface area contributed by atoms with E-state index in [2.05, 4.69) is 116 Å². The van der Waals surface area contributed by atoms with Crippen LogP contribution in [-0.4, -0.2) is 152 Å². The summed E-state index contributed by atoms with van der Waals surface area (Å²) < 4.78 is 123. The van der Waals surface area contributed by atoms with Crippen LogP contribution in [-0.2, 0) is 68.9 Å². The first kappa shape index (κ1) is 89.7. The van der Waals surface area contributed by atoms with E-state index in [9.17, 15) is 34.4 Å². The van der Waals surface area contributed by atoms with Gasteiger partial charge in [0, 0.05) is 158 Å². The summed E-state index contributed by atoms with van der Waals surface area (Å²) in [6.07, 6.45) is 9.92. The lowest BCUT2D eigenvalue weighted by atomic mass is 9.88. The molecule has 27 nitrogen and oxygen atoms in total. The van der Waals surface area contributed by atoms with Crippen LogP contribution in [0.4, 0.5) is 87.4 Å². The average Bonchev–Trinajstić information content (AvgIpc) is 1.64. The summed E-state index contributed by atoms with van der Waals surface area (Å²) in [5, 5.41) is 29.0. The number of aryl methyl sites for hydroxylation is 5. The van der Waals surface area contributed by atoms with E-state index < -0.39 is 43.2 Å². The van der Waals surface area contributed by atoms with Crippen molar-refractivity contribution in [2.45, 2.75) is 147 Å². The Balaban J connectivity index is 0.000000112. The molecule has 8 aromatic carbocycles. The van der Waals surface area contributed by atoms with Crippen molar-refractivity contribution in [3.8, 4) is 11.5 Å². The molecule has 135 heavy (non-hydrogen) atoms. The number of fused-ring (bicyclic) bond motifs is 6. The molecule has 0 saturated carbocycles. The van der Waals surface area contributed by atoms with Crippen LogP contribution in [0.5, 0.6) is 0 Å². The number of hydrogen-bond acceptors (Lipinski definition) is 27. The van der Waals surface area contributed by atoms with Gasteiger partial charge in [-0.05, 0) is 178 Å². The summed E-state index contributed by atoms with van der Waals surface area (Å²) in [7, 11) is -4.63. The number of rotatable bonds is 18. The number of piperidine rings is 4. The molecule has 7 aromatic heterocycles. The van der Waals surface area contributed by atoms with Crippen molar-refractivity contribution >= 4 is 135 Å². The second-order valence-electron chi connectivity index (χ2n) is 35.1. The molecule has 0 amide bonds. The number of halogens is 4. The number of nitrogens with one attached hydrogen (secondary N) is 4. The number of anilines is 12. The fourth-order valence-electron chi connectivity index (χ4n) is 18.4. The van der Waals surface area contributed by atoms with Crippen LogP contribution in [0.15, 0.2) is 227 Å². The fourth-order valence-corrected chi connectivity index (χ4v) is 23.6. The van der Waals surface area contributed by atoms with E-state index in [-0.39, 0.29) is 41.0 Å². The number of para-hydroxylation sites is 1. The maximum Gasteiger partial charge on any atom is 0.247 e. The van der Waals surface area contributed by atoms with E-state index in [1.807, 2.05) is 63.2 Å². The molecule has 0 aliphatic carbocycles. The highest BCUT2D eigenvalue weighted by Crippen LogP contribution is 2.43. The highest BCUT2D eigenvalue weighted by atomic mass is 32.2. The van der Waals surface area contributed by atoms with Crippen LogP contribution in [0, 0.1) is 30.2 Å². The van der Waals surface area contributed by atoms with Gasteiger partial charge in [0.05, 0.1) is 66.0 Å². The number of hydrogen-bond donors (Lipinski definition) is 4. The highest BCUT2D eigenvalue weighted by Gasteiger charge is 2.37. The zero-order valence-corrected chi connectivity index (χ0v) is 77.8. The summed E-state index contributed by atoms with van der Waals surface area (Å²) in [5.41, 5.74) is 9.94. The number of furan rings is 1. The van der Waals surface area contributed by atoms with Gasteiger partial charge >= 0.3 is 0 Å². The van der Waals surface area contributed by atoms with Crippen LogP contribution >= 0.6 is 0 Å². The largest absolute Gasteiger partial charge is 0.461 e. The second kappa shape index (κ2) is 39.8. The third-order valence-corrected chi connectivity index (χ3v) is 31.5. The highest BCUT2D eigenvalue weighted by molar-refractivity contribution is 7.86. The SMILES string of the molecule is CC(C)c1noc(C2CCN(c3nc4c(c(Nc5cccc(F)c5)n3)S(=O)CC4)CC2)n1.Cc1ccc(-c2nnc(C3CCN(c4nc5c(c(Nc6cccc(F)c6)n4)S(=O)CC5)CC3)o2)cc1.O=S1CCc2nc(N3CCC(c4cc5ccccc5o4)CC3)nc(Nc3cccc(F)c3)c21.O=S1CCc2nc(N3CCC(c4ccc5ccccc5c4)CC3)nc(Nc3cccc(F)c3)c21. The van der Waals surface area contributed by atoms with Crippen LogP contribution < -0.4 is 40.9 Å². The Kier molecular flexibility index (Phi) is 26.5. The predicted molar refractivity (Wildman–Crippen MR) is 517 cm³/mol. The predicted octanol–water partition coefficient (Wildman–Crippen LogP) is 19.4. The van der Waals surface area contributed by atoms with Crippen LogP contribution in [0.2, 0.25) is 0 Å². The van der Waals surface area contributed by atoms with Crippen LogP contribution in [0.1, 0.15) is 152 Å². The molecule has 8 aliphatic rings. The Morgan fingerprint density at radius 1 is 0.363 bits per heavy atom. The van der Waals surface area contributed by atoms with Crippen molar-refractivity contribution in [2.75, 3.05) is 116 Å². The van der Waals surface area contributed by atoms with Gasteiger partial charge in [-0.2, -0.15) is 24.9 Å². The van der Waals surface area contributed by atoms with Gasteiger partial charge in [0.2, 0.25) is 41.5 Å². The van der Waals surface area contributed by atoms with Crippen LogP contribution in [0.3, 0.4) is 0 Å². The van der Waals surface area contributed by atoms with Gasteiger partial charge < -0.3 is 54.2 Å². The Hall–Kier alpha value is -13.1. The number of benzene rings is 8. The van der Waals surface area contributed by atoms with Crippen molar-refractivity contribution in [2.24, 2.45) is 0 Å². The molecule has 4 fully saturated rings. The Morgan fingerprint density at radius 3 is 1.13 bits per heavy atom. The molecule has 0 radical (unpaired) electrons. The van der Waals surface area contributed by atoms with Gasteiger partial charge in [0.1, 0.15) is 54.2 Å². The summed E-state index contributed by atoms with van der Waals surface area (Å²) in [6, 6.07) is 58.3. The van der Waals surface area contributed by atoms with Gasteiger partial charge in [-0.25, -0.2) is 37.5 Å². The van der Waals surface area contributed by atoms with Crippen molar-refractivity contribution < 1.29 is 47.8 Å². The normalized spacial score (nSPS) is 18.4. The minimum absolute atomic E-state index is 0.166. The fraction of sp³-hybridized carbons (Fsp3) is 0.320. The van der Waals surface area contributed by atoms with E-state index in [0.29, 0.717) is 168 Å². The minimum Gasteiger partial charge on any atom is -0.461 e. The van der Waals surface area contributed by atoms with E-state index in [1.54, 1.807) is 48.5 Å². The van der Waals surface area contributed by atoms with E-state index in [4.69, 9.17) is 53.2 Å². The molecular weight excluding hydrogens is 1800 g/mol. The summed E-state index contributed by atoms with van der Waals surface area (Å²) in [5.74, 6) is 10.5. The lowest BCUT2D eigenvalue weighted by Crippen LogP contribution is -2.34. The molecular formula is C100H98F4N20O7S4. The van der Waals surface area contributed by atoms with Gasteiger partial charge in [-0.15, -0.1) is 10.2 Å². The van der Waals surface area contributed by atoms with E-state index in [0.717, 1.165) is 155 Å². The Morgan fingerprint density at radius 2 is 0.741 bits per heavy atom. The molecule has 15 heterocycles. The Bertz CT molecular complexity index is 6970. The first-order valence-electron chi connectivity index (χ1n) is 45.8. The third kappa shape index (κ3) is 20.3. The van der Waals surface area contributed by atoms with Gasteiger partial charge in [0.25, 0.3) is 0 Å². The molecule has 692 valence electrons. The third-order valence-electron chi connectivity index (χ3n) is 25.7. The smallest absolute Gasteiger partial charge is 0.247 e.